The maximum Gasteiger partial charge on any atom is 0.143 e. The van der Waals surface area contributed by atoms with Gasteiger partial charge in [0.25, 0.3) is 0 Å². The second-order valence-corrected chi connectivity index (χ2v) is 4.24. The summed E-state index contributed by atoms with van der Waals surface area (Å²) >= 11 is 6.00. The molecule has 1 aromatic carbocycles. The van der Waals surface area contributed by atoms with Crippen LogP contribution < -0.4 is 10.1 Å². The zero-order valence-corrected chi connectivity index (χ0v) is 10.8. The van der Waals surface area contributed by atoms with Crippen LogP contribution in [0.1, 0.15) is 12.0 Å². The number of ether oxygens (including phenoxy) is 1. The van der Waals surface area contributed by atoms with Crippen molar-refractivity contribution in [2.75, 3.05) is 25.6 Å². The lowest BCUT2D eigenvalue weighted by Gasteiger charge is -2.19. The quantitative estimate of drug-likeness (QED) is 0.729. The molecule has 1 atom stereocenters. The number of halogens is 1. The fourth-order valence-electron chi connectivity index (χ4n) is 1.53. The van der Waals surface area contributed by atoms with Gasteiger partial charge in [-0.25, -0.2) is 0 Å². The molecule has 0 bridgehead atoms. The highest BCUT2D eigenvalue weighted by Gasteiger charge is 2.11. The first-order valence-corrected chi connectivity index (χ1v) is 5.82. The lowest BCUT2D eigenvalue weighted by molar-refractivity contribution is 0.228. The SMILES string of the molecule is COc1cc(Cl)c(C)cc1NC(CO)CCO. The Bertz CT molecular complexity index is 371. The van der Waals surface area contributed by atoms with Crippen LogP contribution in [0.15, 0.2) is 12.1 Å². The average molecular weight is 260 g/mol. The Morgan fingerprint density at radius 1 is 1.41 bits per heavy atom. The standard InChI is InChI=1S/C12H18ClNO3/c1-8-5-11(12(17-2)6-10(8)13)14-9(7-16)3-4-15/h5-6,9,14-16H,3-4,7H2,1-2H3. The van der Waals surface area contributed by atoms with Gasteiger partial charge < -0.3 is 20.3 Å². The van der Waals surface area contributed by atoms with Gasteiger partial charge in [0.1, 0.15) is 5.75 Å². The smallest absolute Gasteiger partial charge is 0.143 e. The van der Waals surface area contributed by atoms with E-state index in [-0.39, 0.29) is 19.3 Å². The van der Waals surface area contributed by atoms with Crippen molar-refractivity contribution in [3.05, 3.63) is 22.7 Å². The monoisotopic (exact) mass is 259 g/mol. The van der Waals surface area contributed by atoms with Crippen LogP contribution in [0.25, 0.3) is 0 Å². The molecule has 0 aliphatic heterocycles. The highest BCUT2D eigenvalue weighted by molar-refractivity contribution is 6.31. The predicted octanol–water partition coefficient (Wildman–Crippen LogP) is 1.81. The first-order valence-electron chi connectivity index (χ1n) is 5.44. The third-order valence-corrected chi connectivity index (χ3v) is 2.95. The van der Waals surface area contributed by atoms with Gasteiger partial charge >= 0.3 is 0 Å². The van der Waals surface area contributed by atoms with Gasteiger partial charge in [0.05, 0.1) is 25.4 Å². The summed E-state index contributed by atoms with van der Waals surface area (Å²) in [5, 5.41) is 21.8. The van der Waals surface area contributed by atoms with Gasteiger partial charge in [0.2, 0.25) is 0 Å². The number of rotatable bonds is 6. The molecule has 0 amide bonds. The highest BCUT2D eigenvalue weighted by atomic mass is 35.5. The minimum atomic E-state index is -0.200. The van der Waals surface area contributed by atoms with Crippen molar-refractivity contribution < 1.29 is 14.9 Å². The first-order chi connectivity index (χ1) is 8.12. The normalized spacial score (nSPS) is 12.3. The van der Waals surface area contributed by atoms with Gasteiger partial charge in [0.15, 0.2) is 0 Å². The van der Waals surface area contributed by atoms with Crippen LogP contribution in [-0.2, 0) is 0 Å². The highest BCUT2D eigenvalue weighted by Crippen LogP contribution is 2.31. The lowest BCUT2D eigenvalue weighted by Crippen LogP contribution is -2.25. The Labute approximate surface area is 106 Å². The number of anilines is 1. The average Bonchev–Trinajstić information content (AvgIpc) is 2.32. The Hall–Kier alpha value is -0.970. The second kappa shape index (κ2) is 6.69. The van der Waals surface area contributed by atoms with Crippen LogP contribution in [0.2, 0.25) is 5.02 Å². The Morgan fingerprint density at radius 3 is 2.65 bits per heavy atom. The first kappa shape index (κ1) is 14.1. The largest absolute Gasteiger partial charge is 0.495 e. The molecular weight excluding hydrogens is 242 g/mol. The number of hydrogen-bond donors (Lipinski definition) is 3. The van der Waals surface area contributed by atoms with Gasteiger partial charge in [-0.05, 0) is 25.0 Å². The van der Waals surface area contributed by atoms with Gasteiger partial charge in [0, 0.05) is 17.7 Å². The molecule has 0 saturated heterocycles. The van der Waals surface area contributed by atoms with Crippen molar-refractivity contribution in [2.45, 2.75) is 19.4 Å². The molecule has 3 N–H and O–H groups in total. The molecule has 0 aliphatic rings. The van der Waals surface area contributed by atoms with E-state index in [1.807, 2.05) is 13.0 Å². The number of aliphatic hydroxyl groups is 2. The van der Waals surface area contributed by atoms with Gasteiger partial charge in [-0.2, -0.15) is 0 Å². The molecular formula is C12H18ClNO3. The molecule has 0 heterocycles. The van der Waals surface area contributed by atoms with Crippen LogP contribution in [-0.4, -0.2) is 36.6 Å². The van der Waals surface area contributed by atoms with Crippen molar-refractivity contribution in [2.24, 2.45) is 0 Å². The van der Waals surface area contributed by atoms with E-state index < -0.39 is 0 Å². The summed E-state index contributed by atoms with van der Waals surface area (Å²) in [6.45, 7) is 1.87. The molecule has 17 heavy (non-hydrogen) atoms. The molecule has 96 valence electrons. The fourth-order valence-corrected chi connectivity index (χ4v) is 1.68. The molecule has 0 radical (unpaired) electrons. The van der Waals surface area contributed by atoms with Crippen molar-refractivity contribution in [3.8, 4) is 5.75 Å². The number of nitrogens with one attached hydrogen (secondary N) is 1. The van der Waals surface area contributed by atoms with Crippen molar-refractivity contribution in [1.82, 2.24) is 0 Å². The second-order valence-electron chi connectivity index (χ2n) is 3.84. The minimum absolute atomic E-state index is 0.0209. The molecule has 4 nitrogen and oxygen atoms in total. The maximum absolute atomic E-state index is 9.17. The summed E-state index contributed by atoms with van der Waals surface area (Å²) in [5.41, 5.74) is 1.69. The lowest BCUT2D eigenvalue weighted by atomic mass is 10.1. The summed E-state index contributed by atoms with van der Waals surface area (Å²) in [6.07, 6.45) is 0.474. The van der Waals surface area contributed by atoms with E-state index >= 15 is 0 Å². The number of aryl methyl sites for hydroxylation is 1. The molecule has 0 fully saturated rings. The number of methoxy groups -OCH3 is 1. The number of hydrogen-bond acceptors (Lipinski definition) is 4. The summed E-state index contributed by atoms with van der Waals surface area (Å²) < 4.78 is 5.21. The minimum Gasteiger partial charge on any atom is -0.495 e. The van der Waals surface area contributed by atoms with E-state index in [0.717, 1.165) is 11.3 Å². The fraction of sp³-hybridized carbons (Fsp3) is 0.500. The van der Waals surface area contributed by atoms with E-state index in [9.17, 15) is 0 Å². The van der Waals surface area contributed by atoms with Crippen molar-refractivity contribution >= 4 is 17.3 Å². The van der Waals surface area contributed by atoms with Gasteiger partial charge in [-0.3, -0.25) is 0 Å². The van der Waals surface area contributed by atoms with Gasteiger partial charge in [-0.1, -0.05) is 11.6 Å². The molecule has 0 aromatic heterocycles. The Kier molecular flexibility index (Phi) is 5.55. The third kappa shape index (κ3) is 3.77. The van der Waals surface area contributed by atoms with E-state index in [1.165, 1.54) is 0 Å². The summed E-state index contributed by atoms with van der Waals surface area (Å²) in [5.74, 6) is 0.622. The summed E-state index contributed by atoms with van der Waals surface area (Å²) in [7, 11) is 1.56. The topological polar surface area (TPSA) is 61.7 Å². The summed E-state index contributed by atoms with van der Waals surface area (Å²) in [6, 6.07) is 3.39. The van der Waals surface area contributed by atoms with Gasteiger partial charge in [-0.15, -0.1) is 0 Å². The Balaban J connectivity index is 2.91. The van der Waals surface area contributed by atoms with Crippen LogP contribution in [0, 0.1) is 6.92 Å². The molecule has 1 rings (SSSR count). The molecule has 0 spiro atoms. The van der Waals surface area contributed by atoms with E-state index in [4.69, 9.17) is 26.6 Å². The number of benzene rings is 1. The predicted molar refractivity (Wildman–Crippen MR) is 68.9 cm³/mol. The van der Waals surface area contributed by atoms with Crippen molar-refractivity contribution in [1.29, 1.82) is 0 Å². The molecule has 1 unspecified atom stereocenters. The number of aliphatic hydroxyl groups excluding tert-OH is 2. The Morgan fingerprint density at radius 2 is 2.12 bits per heavy atom. The van der Waals surface area contributed by atoms with Crippen LogP contribution in [0.5, 0.6) is 5.75 Å². The van der Waals surface area contributed by atoms with E-state index in [2.05, 4.69) is 5.32 Å². The summed E-state index contributed by atoms with van der Waals surface area (Å²) in [4.78, 5) is 0. The van der Waals surface area contributed by atoms with E-state index in [1.54, 1.807) is 13.2 Å². The molecule has 1 aromatic rings. The van der Waals surface area contributed by atoms with Crippen molar-refractivity contribution in [3.63, 3.8) is 0 Å². The molecule has 0 aliphatic carbocycles. The van der Waals surface area contributed by atoms with E-state index in [0.29, 0.717) is 17.2 Å². The zero-order chi connectivity index (χ0) is 12.8. The van der Waals surface area contributed by atoms with Crippen LogP contribution >= 0.6 is 11.6 Å². The molecule has 5 heteroatoms. The molecule has 0 saturated carbocycles. The van der Waals surface area contributed by atoms with Crippen LogP contribution in [0.3, 0.4) is 0 Å². The maximum atomic E-state index is 9.17. The third-order valence-electron chi connectivity index (χ3n) is 2.54. The zero-order valence-electron chi connectivity index (χ0n) is 10.0. The van der Waals surface area contributed by atoms with Crippen LogP contribution in [0.4, 0.5) is 5.69 Å².